The molecule has 120 valence electrons. The van der Waals surface area contributed by atoms with E-state index in [1.165, 1.54) is 12.3 Å². The lowest BCUT2D eigenvalue weighted by Gasteiger charge is -2.06. The van der Waals surface area contributed by atoms with Gasteiger partial charge in [-0.3, -0.25) is 9.59 Å². The second-order valence-electron chi connectivity index (χ2n) is 5.61. The summed E-state index contributed by atoms with van der Waals surface area (Å²) in [4.78, 5) is 31.5. The molecule has 0 saturated heterocycles. The highest BCUT2D eigenvalue weighted by Gasteiger charge is 2.15. The molecule has 3 rings (SSSR count). The van der Waals surface area contributed by atoms with Gasteiger partial charge in [0.25, 0.3) is 5.56 Å². The van der Waals surface area contributed by atoms with Gasteiger partial charge in [-0.25, -0.2) is 4.98 Å². The van der Waals surface area contributed by atoms with Gasteiger partial charge in [0.1, 0.15) is 5.65 Å². The highest BCUT2D eigenvalue weighted by Crippen LogP contribution is 2.20. The molecule has 0 radical (unpaired) electrons. The van der Waals surface area contributed by atoms with Crippen LogP contribution in [0.5, 0.6) is 0 Å². The van der Waals surface area contributed by atoms with Gasteiger partial charge < -0.3 is 4.98 Å². The predicted molar refractivity (Wildman–Crippen MR) is 96.7 cm³/mol. The van der Waals surface area contributed by atoms with E-state index in [9.17, 15) is 9.59 Å². The molecule has 0 spiro atoms. The van der Waals surface area contributed by atoms with E-state index in [0.29, 0.717) is 21.6 Å². The third-order valence-electron chi connectivity index (χ3n) is 3.84. The van der Waals surface area contributed by atoms with Crippen LogP contribution in [0.4, 0.5) is 0 Å². The molecule has 0 unspecified atom stereocenters. The number of fused-ring (bicyclic) bond motifs is 1. The summed E-state index contributed by atoms with van der Waals surface area (Å²) in [6, 6.07) is 9.45. The van der Waals surface area contributed by atoms with Crippen LogP contribution in [0.25, 0.3) is 17.1 Å². The Morgan fingerprint density at radius 2 is 1.92 bits per heavy atom. The molecule has 0 aliphatic carbocycles. The summed E-state index contributed by atoms with van der Waals surface area (Å²) in [6.45, 7) is 3.72. The highest BCUT2D eigenvalue weighted by atomic mass is 35.5. The van der Waals surface area contributed by atoms with Gasteiger partial charge in [-0.1, -0.05) is 47.5 Å². The van der Waals surface area contributed by atoms with Crippen molar-refractivity contribution in [3.63, 3.8) is 0 Å². The second kappa shape index (κ2) is 6.42. The van der Waals surface area contributed by atoms with Crippen LogP contribution in [-0.2, 0) is 0 Å². The zero-order chi connectivity index (χ0) is 17.3. The standard InChI is InChI=1S/C19H15ClN2O2/c1-11-3-5-13(6-4-11)7-8-16(23)17-12(2)15-9-14(20)10-21-18(15)22-19(17)24/h3-10H,1-2H3,(H,21,22,24). The van der Waals surface area contributed by atoms with Crippen molar-refractivity contribution in [3.8, 4) is 0 Å². The average molecular weight is 339 g/mol. The number of rotatable bonds is 3. The lowest BCUT2D eigenvalue weighted by atomic mass is 10.0. The Kier molecular flexibility index (Phi) is 4.32. The van der Waals surface area contributed by atoms with Gasteiger partial charge in [-0.2, -0.15) is 0 Å². The zero-order valence-corrected chi connectivity index (χ0v) is 14.0. The number of hydrogen-bond donors (Lipinski definition) is 1. The van der Waals surface area contributed by atoms with Crippen molar-refractivity contribution in [2.75, 3.05) is 0 Å². The van der Waals surface area contributed by atoms with Gasteiger partial charge in [-0.15, -0.1) is 0 Å². The Balaban J connectivity index is 2.03. The van der Waals surface area contributed by atoms with E-state index in [0.717, 1.165) is 11.1 Å². The van der Waals surface area contributed by atoms with E-state index < -0.39 is 5.56 Å². The van der Waals surface area contributed by atoms with Crippen LogP contribution in [0.3, 0.4) is 0 Å². The predicted octanol–water partition coefficient (Wildman–Crippen LogP) is 4.09. The number of carbonyl (C=O) groups excluding carboxylic acids is 1. The van der Waals surface area contributed by atoms with Crippen molar-refractivity contribution in [2.45, 2.75) is 13.8 Å². The number of carbonyl (C=O) groups is 1. The number of nitrogens with one attached hydrogen (secondary N) is 1. The monoisotopic (exact) mass is 338 g/mol. The number of hydrogen-bond acceptors (Lipinski definition) is 3. The van der Waals surface area contributed by atoms with E-state index in [2.05, 4.69) is 9.97 Å². The molecule has 0 aliphatic heterocycles. The molecule has 3 aromatic rings. The molecule has 2 heterocycles. The highest BCUT2D eigenvalue weighted by molar-refractivity contribution is 6.31. The van der Waals surface area contributed by atoms with Gasteiger partial charge >= 0.3 is 0 Å². The molecule has 0 atom stereocenters. The first-order valence-corrected chi connectivity index (χ1v) is 7.81. The third-order valence-corrected chi connectivity index (χ3v) is 4.05. The van der Waals surface area contributed by atoms with Crippen LogP contribution in [-0.4, -0.2) is 15.8 Å². The molecule has 5 heteroatoms. The number of aryl methyl sites for hydroxylation is 2. The number of H-pyrrole nitrogens is 1. The number of aromatic nitrogens is 2. The fourth-order valence-electron chi connectivity index (χ4n) is 2.53. The number of benzene rings is 1. The van der Waals surface area contributed by atoms with Gasteiger partial charge in [-0.05, 0) is 37.1 Å². The molecule has 0 fully saturated rings. The minimum atomic E-state index is -0.451. The van der Waals surface area contributed by atoms with Crippen LogP contribution >= 0.6 is 11.6 Å². The summed E-state index contributed by atoms with van der Waals surface area (Å²) in [7, 11) is 0. The van der Waals surface area contributed by atoms with Crippen molar-refractivity contribution in [3.05, 3.63) is 80.2 Å². The van der Waals surface area contributed by atoms with Gasteiger partial charge in [0.15, 0.2) is 5.78 Å². The molecule has 0 amide bonds. The van der Waals surface area contributed by atoms with E-state index in [1.54, 1.807) is 19.1 Å². The van der Waals surface area contributed by atoms with E-state index in [-0.39, 0.29) is 11.3 Å². The van der Waals surface area contributed by atoms with Crippen molar-refractivity contribution in [2.24, 2.45) is 0 Å². The fourth-order valence-corrected chi connectivity index (χ4v) is 2.69. The quantitative estimate of drug-likeness (QED) is 0.578. The molecular formula is C19H15ClN2O2. The van der Waals surface area contributed by atoms with Gasteiger partial charge in [0, 0.05) is 11.6 Å². The molecular weight excluding hydrogens is 324 g/mol. The smallest absolute Gasteiger partial charge is 0.261 e. The minimum absolute atomic E-state index is 0.106. The van der Waals surface area contributed by atoms with Crippen LogP contribution in [0.1, 0.15) is 27.0 Å². The molecule has 0 saturated carbocycles. The SMILES string of the molecule is Cc1ccc(C=CC(=O)c2c(C)c3cc(Cl)cnc3[nH]c2=O)cc1. The maximum Gasteiger partial charge on any atom is 0.261 e. The lowest BCUT2D eigenvalue weighted by Crippen LogP contribution is -2.19. The van der Waals surface area contributed by atoms with Crippen molar-refractivity contribution in [1.29, 1.82) is 0 Å². The average Bonchev–Trinajstić information content (AvgIpc) is 2.55. The minimum Gasteiger partial charge on any atom is -0.306 e. The Morgan fingerprint density at radius 3 is 2.62 bits per heavy atom. The van der Waals surface area contributed by atoms with Gasteiger partial charge in [0.05, 0.1) is 10.6 Å². The number of halogens is 1. The number of allylic oxidation sites excluding steroid dienone is 1. The summed E-state index contributed by atoms with van der Waals surface area (Å²) in [5, 5.41) is 1.11. The molecule has 24 heavy (non-hydrogen) atoms. The van der Waals surface area contributed by atoms with Crippen LogP contribution in [0.15, 0.2) is 47.4 Å². The summed E-state index contributed by atoms with van der Waals surface area (Å²) in [6.07, 6.45) is 4.56. The maximum absolute atomic E-state index is 12.5. The fraction of sp³-hybridized carbons (Fsp3) is 0.105. The first-order valence-electron chi connectivity index (χ1n) is 7.43. The van der Waals surface area contributed by atoms with E-state index in [4.69, 9.17) is 11.6 Å². The van der Waals surface area contributed by atoms with Crippen molar-refractivity contribution < 1.29 is 4.79 Å². The number of ketones is 1. The summed E-state index contributed by atoms with van der Waals surface area (Å²) in [5.74, 6) is -0.351. The Labute approximate surface area is 143 Å². The number of pyridine rings is 2. The molecule has 1 aromatic carbocycles. The summed E-state index contributed by atoms with van der Waals surface area (Å²) in [5.41, 5.74) is 2.68. The first kappa shape index (κ1) is 16.1. The third kappa shape index (κ3) is 3.14. The number of nitrogens with zero attached hydrogens (tertiary/aromatic N) is 1. The van der Waals surface area contributed by atoms with Crippen molar-refractivity contribution >= 4 is 34.5 Å². The van der Waals surface area contributed by atoms with Crippen LogP contribution < -0.4 is 5.56 Å². The van der Waals surface area contributed by atoms with Gasteiger partial charge in [0.2, 0.25) is 0 Å². The largest absolute Gasteiger partial charge is 0.306 e. The lowest BCUT2D eigenvalue weighted by molar-refractivity contribution is 0.104. The van der Waals surface area contributed by atoms with Crippen LogP contribution in [0.2, 0.25) is 5.02 Å². The maximum atomic E-state index is 12.5. The second-order valence-corrected chi connectivity index (χ2v) is 6.05. The summed E-state index contributed by atoms with van der Waals surface area (Å²) >= 11 is 5.96. The Bertz CT molecular complexity index is 1020. The number of aromatic amines is 1. The molecule has 2 aromatic heterocycles. The topological polar surface area (TPSA) is 62.8 Å². The Hall–Kier alpha value is -2.72. The molecule has 4 nitrogen and oxygen atoms in total. The molecule has 0 bridgehead atoms. The van der Waals surface area contributed by atoms with Crippen LogP contribution in [0, 0.1) is 13.8 Å². The van der Waals surface area contributed by atoms with E-state index in [1.807, 2.05) is 31.2 Å². The Morgan fingerprint density at radius 1 is 1.21 bits per heavy atom. The zero-order valence-electron chi connectivity index (χ0n) is 13.3. The van der Waals surface area contributed by atoms with E-state index >= 15 is 0 Å². The molecule has 0 aliphatic rings. The molecule has 1 N–H and O–H groups in total. The first-order chi connectivity index (χ1) is 11.5. The normalized spacial score (nSPS) is 11.3. The summed E-state index contributed by atoms with van der Waals surface area (Å²) < 4.78 is 0. The van der Waals surface area contributed by atoms with Crippen molar-refractivity contribution in [1.82, 2.24) is 9.97 Å².